The molecule has 0 saturated heterocycles. The van der Waals surface area contributed by atoms with Crippen molar-refractivity contribution in [2.75, 3.05) is 6.54 Å². The third-order valence-corrected chi connectivity index (χ3v) is 5.75. The van der Waals surface area contributed by atoms with Gasteiger partial charge in [-0.3, -0.25) is 4.90 Å². The number of benzene rings is 2. The number of nitrogens with zero attached hydrogens (tertiary/aromatic N) is 3. The van der Waals surface area contributed by atoms with E-state index in [1.807, 2.05) is 18.3 Å². The Kier molecular flexibility index (Phi) is 8.50. The van der Waals surface area contributed by atoms with Gasteiger partial charge in [0, 0.05) is 30.2 Å². The summed E-state index contributed by atoms with van der Waals surface area (Å²) in [5, 5.41) is 10.2. The predicted molar refractivity (Wildman–Crippen MR) is 125 cm³/mol. The van der Waals surface area contributed by atoms with Gasteiger partial charge < -0.3 is 9.67 Å². The van der Waals surface area contributed by atoms with E-state index in [0.29, 0.717) is 11.6 Å². The molecule has 0 saturated carbocycles. The van der Waals surface area contributed by atoms with Gasteiger partial charge >= 0.3 is 0 Å². The quantitative estimate of drug-likeness (QED) is 0.360. The average Bonchev–Trinajstić information content (AvgIpc) is 3.14. The summed E-state index contributed by atoms with van der Waals surface area (Å²) in [6.45, 7) is 7.54. The average molecular weight is 444 g/mol. The van der Waals surface area contributed by atoms with E-state index in [-0.39, 0.29) is 11.6 Å². The molecule has 1 aromatic heterocycles. The highest BCUT2D eigenvalue weighted by Gasteiger charge is 2.16. The topological polar surface area (TPSA) is 41.3 Å². The second-order valence-electron chi connectivity index (χ2n) is 7.93. The lowest BCUT2D eigenvalue weighted by Crippen LogP contribution is -2.25. The zero-order chi connectivity index (χ0) is 22.2. The minimum absolute atomic E-state index is 0.172. The zero-order valence-corrected chi connectivity index (χ0v) is 19.1. The Morgan fingerprint density at radius 3 is 2.58 bits per heavy atom. The molecule has 1 heterocycles. The molecule has 3 rings (SSSR count). The molecule has 0 aliphatic heterocycles. The van der Waals surface area contributed by atoms with Crippen LogP contribution in [0.1, 0.15) is 50.8 Å². The molecule has 0 aliphatic rings. The molecule has 0 aliphatic carbocycles. The van der Waals surface area contributed by atoms with Crippen LogP contribution in [0.4, 0.5) is 4.39 Å². The first-order valence-corrected chi connectivity index (χ1v) is 11.4. The van der Waals surface area contributed by atoms with Crippen molar-refractivity contribution < 1.29 is 9.50 Å². The maximum Gasteiger partial charge on any atom is 0.140 e. The van der Waals surface area contributed by atoms with Crippen LogP contribution in [-0.4, -0.2) is 26.1 Å². The van der Waals surface area contributed by atoms with Gasteiger partial charge in [-0.15, -0.1) is 0 Å². The largest absolute Gasteiger partial charge is 0.508 e. The molecule has 3 aromatic rings. The Labute approximate surface area is 189 Å². The van der Waals surface area contributed by atoms with Crippen LogP contribution in [0.3, 0.4) is 0 Å². The molecular formula is C25H31ClFN3O. The maximum absolute atomic E-state index is 13.8. The number of rotatable bonds is 11. The summed E-state index contributed by atoms with van der Waals surface area (Å²) in [6, 6.07) is 11.8. The first kappa shape index (κ1) is 23.3. The molecule has 0 unspecified atom stereocenters. The summed E-state index contributed by atoms with van der Waals surface area (Å²) in [4.78, 5) is 7.02. The lowest BCUT2D eigenvalue weighted by atomic mass is 10.1. The van der Waals surface area contributed by atoms with Crippen molar-refractivity contribution in [1.29, 1.82) is 0 Å². The van der Waals surface area contributed by atoms with E-state index >= 15 is 0 Å². The fourth-order valence-corrected chi connectivity index (χ4v) is 3.93. The Bertz CT molecular complexity index is 989. The van der Waals surface area contributed by atoms with Gasteiger partial charge in [-0.25, -0.2) is 9.37 Å². The predicted octanol–water partition coefficient (Wildman–Crippen LogP) is 6.65. The number of hydrogen-bond acceptors (Lipinski definition) is 3. The first-order valence-electron chi connectivity index (χ1n) is 11.0. The lowest BCUT2D eigenvalue weighted by Gasteiger charge is -2.24. The van der Waals surface area contributed by atoms with E-state index < -0.39 is 0 Å². The van der Waals surface area contributed by atoms with Gasteiger partial charge in [0.1, 0.15) is 17.4 Å². The Hall–Kier alpha value is -2.37. The Morgan fingerprint density at radius 1 is 1.06 bits per heavy atom. The molecule has 1 N–H and O–H groups in total. The first-order chi connectivity index (χ1) is 15.0. The lowest BCUT2D eigenvalue weighted by molar-refractivity contribution is 0.246. The molecule has 166 valence electrons. The van der Waals surface area contributed by atoms with Gasteiger partial charge in [-0.2, -0.15) is 0 Å². The van der Waals surface area contributed by atoms with Gasteiger partial charge in [0.25, 0.3) is 0 Å². The van der Waals surface area contributed by atoms with Crippen LogP contribution in [0, 0.1) is 5.82 Å². The van der Waals surface area contributed by atoms with Crippen molar-refractivity contribution in [1.82, 2.24) is 14.5 Å². The number of imidazole rings is 1. The summed E-state index contributed by atoms with van der Waals surface area (Å²) in [6.07, 6.45) is 6.19. The van der Waals surface area contributed by atoms with Crippen LogP contribution in [-0.2, 0) is 19.6 Å². The van der Waals surface area contributed by atoms with Crippen LogP contribution in [0.2, 0.25) is 5.02 Å². The summed E-state index contributed by atoms with van der Waals surface area (Å²) >= 11 is 6.37. The molecular weight excluding hydrogens is 413 g/mol. The van der Waals surface area contributed by atoms with E-state index in [1.54, 1.807) is 24.3 Å². The van der Waals surface area contributed by atoms with E-state index in [2.05, 4.69) is 28.3 Å². The fourth-order valence-electron chi connectivity index (χ4n) is 3.69. The molecule has 0 bridgehead atoms. The van der Waals surface area contributed by atoms with E-state index in [0.717, 1.165) is 68.0 Å². The summed E-state index contributed by atoms with van der Waals surface area (Å²) in [5.41, 5.74) is 2.89. The van der Waals surface area contributed by atoms with Crippen molar-refractivity contribution in [2.24, 2.45) is 0 Å². The molecule has 2 aromatic carbocycles. The summed E-state index contributed by atoms with van der Waals surface area (Å²) < 4.78 is 16.0. The van der Waals surface area contributed by atoms with Gasteiger partial charge in [0.05, 0.1) is 11.9 Å². The normalized spacial score (nSPS) is 11.4. The van der Waals surface area contributed by atoms with Crippen LogP contribution < -0.4 is 0 Å². The maximum atomic E-state index is 13.8. The van der Waals surface area contributed by atoms with E-state index in [1.165, 1.54) is 6.07 Å². The van der Waals surface area contributed by atoms with Gasteiger partial charge in [0.2, 0.25) is 0 Å². The molecule has 0 amide bonds. The molecule has 0 atom stereocenters. The number of unbranched alkanes of at least 4 members (excludes halogenated alkanes) is 2. The smallest absolute Gasteiger partial charge is 0.140 e. The molecule has 4 nitrogen and oxygen atoms in total. The minimum atomic E-state index is -0.254. The number of aromatic nitrogens is 2. The number of phenolic OH excluding ortho intramolecular Hbond substituents is 1. The van der Waals surface area contributed by atoms with Crippen molar-refractivity contribution >= 4 is 11.6 Å². The van der Waals surface area contributed by atoms with Gasteiger partial charge in [-0.1, -0.05) is 56.5 Å². The monoisotopic (exact) mass is 443 g/mol. The third kappa shape index (κ3) is 6.31. The second kappa shape index (κ2) is 11.3. The molecule has 31 heavy (non-hydrogen) atoms. The Morgan fingerprint density at radius 2 is 1.87 bits per heavy atom. The third-order valence-electron chi connectivity index (χ3n) is 5.40. The van der Waals surface area contributed by atoms with Crippen LogP contribution in [0.15, 0.2) is 48.7 Å². The molecule has 0 radical (unpaired) electrons. The van der Waals surface area contributed by atoms with Crippen molar-refractivity contribution in [3.05, 3.63) is 70.8 Å². The van der Waals surface area contributed by atoms with Crippen molar-refractivity contribution in [2.45, 2.75) is 59.2 Å². The van der Waals surface area contributed by atoms with E-state index in [4.69, 9.17) is 11.6 Å². The fraction of sp³-hybridized carbons (Fsp3) is 0.400. The molecule has 6 heteroatoms. The SMILES string of the molecule is CCCCN(Cc1ccc(O)cc1Cl)Cc1cnc(-c2cccc(F)c2)n1CCCC. The Balaban J connectivity index is 1.88. The van der Waals surface area contributed by atoms with Gasteiger partial charge in [0.15, 0.2) is 0 Å². The zero-order valence-electron chi connectivity index (χ0n) is 18.3. The highest BCUT2D eigenvalue weighted by atomic mass is 35.5. The standard InChI is InChI=1S/C25H31ClFN3O/c1-3-5-12-29(17-20-10-11-23(31)15-24(20)26)18-22-16-28-25(30(22)13-6-4-2)19-8-7-9-21(27)14-19/h7-11,14-16,31H,3-6,12-13,17-18H2,1-2H3. The molecule has 0 fully saturated rings. The second-order valence-corrected chi connectivity index (χ2v) is 8.34. The number of aromatic hydroxyl groups is 1. The van der Waals surface area contributed by atoms with Crippen LogP contribution >= 0.6 is 11.6 Å². The van der Waals surface area contributed by atoms with Crippen LogP contribution in [0.5, 0.6) is 5.75 Å². The van der Waals surface area contributed by atoms with E-state index in [9.17, 15) is 9.50 Å². The minimum Gasteiger partial charge on any atom is -0.508 e. The summed E-state index contributed by atoms with van der Waals surface area (Å²) in [7, 11) is 0. The highest BCUT2D eigenvalue weighted by molar-refractivity contribution is 6.31. The van der Waals surface area contributed by atoms with Crippen molar-refractivity contribution in [3.63, 3.8) is 0 Å². The number of phenols is 1. The van der Waals surface area contributed by atoms with Crippen LogP contribution in [0.25, 0.3) is 11.4 Å². The number of halogens is 2. The van der Waals surface area contributed by atoms with Gasteiger partial charge in [-0.05, 0) is 49.2 Å². The van der Waals surface area contributed by atoms with Crippen molar-refractivity contribution in [3.8, 4) is 17.1 Å². The highest BCUT2D eigenvalue weighted by Crippen LogP contribution is 2.26. The number of hydrogen-bond donors (Lipinski definition) is 1. The molecule has 0 spiro atoms. The summed E-state index contributed by atoms with van der Waals surface area (Å²) in [5.74, 6) is 0.725.